The minimum atomic E-state index is -1.19. The van der Waals surface area contributed by atoms with Crippen LogP contribution in [0.2, 0.25) is 0 Å². The molecule has 0 bridgehead atoms. The number of nitrogens with one attached hydrogen (secondary N) is 1. The Kier molecular flexibility index (Phi) is 5.77. The molecule has 0 unspecified atom stereocenters. The number of anilines is 1. The Balaban J connectivity index is 1.44. The Morgan fingerprint density at radius 1 is 1.03 bits per heavy atom. The summed E-state index contributed by atoms with van der Waals surface area (Å²) in [5, 5.41) is 2.96. The minimum absolute atomic E-state index is 0.0775. The molecule has 5 rings (SSSR count). The van der Waals surface area contributed by atoms with Crippen molar-refractivity contribution in [2.45, 2.75) is 24.9 Å². The molecular formula is C26H23F2N3O2S. The lowest BCUT2D eigenvalue weighted by molar-refractivity contribution is -0.123. The molecule has 5 nitrogen and oxygen atoms in total. The quantitative estimate of drug-likeness (QED) is 0.577. The van der Waals surface area contributed by atoms with E-state index >= 15 is 0 Å². The zero-order chi connectivity index (χ0) is 23.9. The lowest BCUT2D eigenvalue weighted by Gasteiger charge is -2.33. The van der Waals surface area contributed by atoms with Crippen molar-refractivity contribution in [2.24, 2.45) is 0 Å². The number of benzene rings is 3. The van der Waals surface area contributed by atoms with Gasteiger partial charge in [-0.2, -0.15) is 0 Å². The van der Waals surface area contributed by atoms with Crippen LogP contribution in [0, 0.1) is 18.6 Å². The van der Waals surface area contributed by atoms with Crippen LogP contribution in [-0.2, 0) is 22.8 Å². The summed E-state index contributed by atoms with van der Waals surface area (Å²) >= 11 is 1.42. The van der Waals surface area contributed by atoms with Crippen molar-refractivity contribution in [1.29, 1.82) is 0 Å². The number of amides is 3. The van der Waals surface area contributed by atoms with Gasteiger partial charge in [0.2, 0.25) is 0 Å². The Hall–Kier alpha value is -3.39. The molecule has 0 saturated carbocycles. The number of aryl methyl sites for hydroxylation is 1. The number of para-hydroxylation sites is 1. The fraction of sp³-hybridized carbons (Fsp3) is 0.231. The van der Waals surface area contributed by atoms with Gasteiger partial charge >= 0.3 is 6.03 Å². The SMILES string of the molecule is Cc1cccc(CNC(=O)N2CCS[C@@]23C(=O)N(Cc2ccc(F)c(F)c2)c2ccccc23)c1. The number of fused-ring (bicyclic) bond motifs is 2. The van der Waals surface area contributed by atoms with Crippen LogP contribution >= 0.6 is 11.8 Å². The molecule has 3 aromatic rings. The molecular weight excluding hydrogens is 456 g/mol. The first-order valence-corrected chi connectivity index (χ1v) is 12.0. The van der Waals surface area contributed by atoms with E-state index in [2.05, 4.69) is 5.32 Å². The van der Waals surface area contributed by atoms with E-state index in [1.165, 1.54) is 17.8 Å². The van der Waals surface area contributed by atoms with Gasteiger partial charge < -0.3 is 10.2 Å². The Labute approximate surface area is 200 Å². The third-order valence-corrected chi connectivity index (χ3v) is 7.62. The lowest BCUT2D eigenvalue weighted by atomic mass is 10.1. The second kappa shape index (κ2) is 8.76. The standard InChI is InChI=1S/C26H23F2N3O2S/c1-17-5-4-6-18(13-17)15-29-25(33)31-11-12-34-26(31)20-7-2-3-8-23(20)30(24(26)32)16-19-9-10-21(27)22(28)14-19/h2-10,13-14H,11-12,15-16H2,1H3,(H,29,33)/t26-/m0/s1. The molecule has 1 fully saturated rings. The summed E-state index contributed by atoms with van der Waals surface area (Å²) in [5.74, 6) is -1.54. The number of hydrogen-bond donors (Lipinski definition) is 1. The molecule has 8 heteroatoms. The predicted molar refractivity (Wildman–Crippen MR) is 128 cm³/mol. The second-order valence-electron chi connectivity index (χ2n) is 8.45. The van der Waals surface area contributed by atoms with E-state index in [-0.39, 0.29) is 18.5 Å². The van der Waals surface area contributed by atoms with Gasteiger partial charge in [0.25, 0.3) is 5.91 Å². The van der Waals surface area contributed by atoms with Gasteiger partial charge in [0, 0.05) is 24.4 Å². The van der Waals surface area contributed by atoms with Crippen molar-refractivity contribution >= 4 is 29.4 Å². The van der Waals surface area contributed by atoms with Gasteiger partial charge in [0.15, 0.2) is 16.5 Å². The van der Waals surface area contributed by atoms with Crippen molar-refractivity contribution in [3.05, 3.63) is 101 Å². The van der Waals surface area contributed by atoms with Crippen molar-refractivity contribution < 1.29 is 18.4 Å². The first kappa shape index (κ1) is 22.4. The van der Waals surface area contributed by atoms with Crippen LogP contribution < -0.4 is 10.2 Å². The summed E-state index contributed by atoms with van der Waals surface area (Å²) in [6.45, 7) is 2.84. The number of thioether (sulfide) groups is 1. The topological polar surface area (TPSA) is 52.7 Å². The maximum absolute atomic E-state index is 13.9. The van der Waals surface area contributed by atoms with Crippen LogP contribution in [0.1, 0.15) is 22.3 Å². The third-order valence-electron chi connectivity index (χ3n) is 6.20. The van der Waals surface area contributed by atoms with Crippen LogP contribution in [-0.4, -0.2) is 29.1 Å². The molecule has 1 spiro atoms. The number of hydrogen-bond acceptors (Lipinski definition) is 3. The molecule has 2 aliphatic rings. The van der Waals surface area contributed by atoms with Crippen molar-refractivity contribution in [2.75, 3.05) is 17.2 Å². The highest BCUT2D eigenvalue weighted by Crippen LogP contribution is 2.54. The first-order chi connectivity index (χ1) is 16.4. The van der Waals surface area contributed by atoms with Gasteiger partial charge in [0.1, 0.15) is 0 Å². The van der Waals surface area contributed by atoms with E-state index < -0.39 is 16.5 Å². The second-order valence-corrected chi connectivity index (χ2v) is 9.74. The Morgan fingerprint density at radius 3 is 2.65 bits per heavy atom. The molecule has 0 radical (unpaired) electrons. The van der Waals surface area contributed by atoms with E-state index in [0.717, 1.165) is 28.8 Å². The van der Waals surface area contributed by atoms with Gasteiger partial charge in [-0.1, -0.05) is 54.1 Å². The molecule has 0 aliphatic carbocycles. The molecule has 2 heterocycles. The van der Waals surface area contributed by atoms with Gasteiger partial charge in [-0.05, 0) is 36.2 Å². The summed E-state index contributed by atoms with van der Waals surface area (Å²) in [5.41, 5.74) is 3.96. The normalized spacial score (nSPS) is 19.1. The smallest absolute Gasteiger partial charge is 0.319 e. The Bertz CT molecular complexity index is 1280. The van der Waals surface area contributed by atoms with Crippen LogP contribution in [0.4, 0.5) is 19.3 Å². The summed E-state index contributed by atoms with van der Waals surface area (Å²) in [6.07, 6.45) is 0. The van der Waals surface area contributed by atoms with Crippen LogP contribution in [0.25, 0.3) is 0 Å². The molecule has 1 N–H and O–H groups in total. The van der Waals surface area contributed by atoms with E-state index in [1.54, 1.807) is 9.80 Å². The predicted octanol–water partition coefficient (Wildman–Crippen LogP) is 4.93. The van der Waals surface area contributed by atoms with Crippen LogP contribution in [0.5, 0.6) is 0 Å². The largest absolute Gasteiger partial charge is 0.334 e. The summed E-state index contributed by atoms with van der Waals surface area (Å²) in [6, 6.07) is 18.5. The average Bonchev–Trinajstić information content (AvgIpc) is 3.37. The molecule has 34 heavy (non-hydrogen) atoms. The number of carbonyl (C=O) groups is 2. The van der Waals surface area contributed by atoms with E-state index in [1.807, 2.05) is 55.5 Å². The van der Waals surface area contributed by atoms with Crippen molar-refractivity contribution in [3.63, 3.8) is 0 Å². The zero-order valence-electron chi connectivity index (χ0n) is 18.6. The van der Waals surface area contributed by atoms with Gasteiger partial charge in [-0.25, -0.2) is 13.6 Å². The number of nitrogens with zero attached hydrogens (tertiary/aromatic N) is 2. The van der Waals surface area contributed by atoms with Crippen LogP contribution in [0.15, 0.2) is 66.7 Å². The maximum Gasteiger partial charge on any atom is 0.319 e. The summed E-state index contributed by atoms with van der Waals surface area (Å²) in [7, 11) is 0. The lowest BCUT2D eigenvalue weighted by Crippen LogP contribution is -2.53. The van der Waals surface area contributed by atoms with Crippen molar-refractivity contribution in [3.8, 4) is 0 Å². The van der Waals surface area contributed by atoms with E-state index in [4.69, 9.17) is 0 Å². The molecule has 0 aromatic heterocycles. The summed E-state index contributed by atoms with van der Waals surface area (Å²) in [4.78, 5) is 29.2. The zero-order valence-corrected chi connectivity index (χ0v) is 19.4. The highest BCUT2D eigenvalue weighted by molar-refractivity contribution is 8.01. The fourth-order valence-corrected chi connectivity index (χ4v) is 6.10. The van der Waals surface area contributed by atoms with Gasteiger partial charge in [-0.15, -0.1) is 11.8 Å². The van der Waals surface area contributed by atoms with Crippen LogP contribution in [0.3, 0.4) is 0 Å². The third kappa shape index (κ3) is 3.72. The average molecular weight is 480 g/mol. The van der Waals surface area contributed by atoms with Crippen molar-refractivity contribution in [1.82, 2.24) is 10.2 Å². The highest BCUT2D eigenvalue weighted by atomic mass is 32.2. The Morgan fingerprint density at radius 2 is 1.85 bits per heavy atom. The van der Waals surface area contributed by atoms with Gasteiger partial charge in [-0.3, -0.25) is 9.69 Å². The summed E-state index contributed by atoms with van der Waals surface area (Å²) < 4.78 is 27.2. The minimum Gasteiger partial charge on any atom is -0.334 e. The van der Waals surface area contributed by atoms with E-state index in [9.17, 15) is 18.4 Å². The monoisotopic (exact) mass is 479 g/mol. The number of halogens is 2. The first-order valence-electron chi connectivity index (χ1n) is 11.0. The molecule has 1 atom stereocenters. The molecule has 2 aliphatic heterocycles. The highest BCUT2D eigenvalue weighted by Gasteiger charge is 2.59. The fourth-order valence-electron chi connectivity index (χ4n) is 4.64. The molecule has 174 valence electrons. The number of urea groups is 1. The maximum atomic E-state index is 13.9. The molecule has 3 aromatic carbocycles. The van der Waals surface area contributed by atoms with Gasteiger partial charge in [0.05, 0.1) is 12.2 Å². The van der Waals surface area contributed by atoms with E-state index in [0.29, 0.717) is 30.1 Å². The number of carbonyl (C=O) groups excluding carboxylic acids is 2. The number of rotatable bonds is 4. The molecule has 3 amide bonds. The molecule has 1 saturated heterocycles.